The number of aromatic nitrogens is 4. The summed E-state index contributed by atoms with van der Waals surface area (Å²) in [6.45, 7) is 0.790. The van der Waals surface area contributed by atoms with E-state index in [0.29, 0.717) is 11.4 Å². The Morgan fingerprint density at radius 1 is 1.07 bits per heavy atom. The first kappa shape index (κ1) is 19.7. The second-order valence-corrected chi connectivity index (χ2v) is 8.73. The first-order chi connectivity index (χ1) is 14.2. The Bertz CT molecular complexity index is 1070. The van der Waals surface area contributed by atoms with Crippen LogP contribution in [0.25, 0.3) is 0 Å². The Hall–Kier alpha value is -2.64. The summed E-state index contributed by atoms with van der Waals surface area (Å²) in [6.07, 6.45) is 3.54. The van der Waals surface area contributed by atoms with Gasteiger partial charge in [0.25, 0.3) is 0 Å². The molecule has 0 spiro atoms. The minimum absolute atomic E-state index is 0.0971. The molecule has 4 aromatic rings. The van der Waals surface area contributed by atoms with Crippen molar-refractivity contribution in [2.24, 2.45) is 7.05 Å². The van der Waals surface area contributed by atoms with E-state index in [9.17, 15) is 4.79 Å². The van der Waals surface area contributed by atoms with E-state index in [1.165, 1.54) is 22.2 Å². The average molecular weight is 423 g/mol. The molecule has 1 aromatic carbocycles. The smallest absolute Gasteiger partial charge is 0.191 e. The Kier molecular flexibility index (Phi) is 6.27. The van der Waals surface area contributed by atoms with Crippen molar-refractivity contribution in [1.29, 1.82) is 0 Å². The first-order valence-corrected chi connectivity index (χ1v) is 11.3. The van der Waals surface area contributed by atoms with Crippen molar-refractivity contribution in [3.8, 4) is 0 Å². The van der Waals surface area contributed by atoms with Crippen LogP contribution in [0.3, 0.4) is 0 Å². The van der Waals surface area contributed by atoms with Gasteiger partial charge in [-0.3, -0.25) is 4.79 Å². The molecule has 0 amide bonds. The number of hydrogen-bond donors (Lipinski definition) is 0. The number of benzene rings is 1. The van der Waals surface area contributed by atoms with Crippen molar-refractivity contribution in [3.63, 3.8) is 0 Å². The number of rotatable bonds is 9. The lowest BCUT2D eigenvalue weighted by Crippen LogP contribution is -2.11. The number of carbonyl (C=O) groups is 1. The molecule has 0 aliphatic carbocycles. The fourth-order valence-corrected chi connectivity index (χ4v) is 4.75. The lowest BCUT2D eigenvalue weighted by Gasteiger charge is -2.10. The molecular weight excluding hydrogens is 400 g/mol. The van der Waals surface area contributed by atoms with E-state index in [0.717, 1.165) is 30.4 Å². The third-order valence-corrected chi connectivity index (χ3v) is 6.58. The van der Waals surface area contributed by atoms with E-state index < -0.39 is 0 Å². The second-order valence-electron chi connectivity index (χ2n) is 6.76. The summed E-state index contributed by atoms with van der Waals surface area (Å²) in [5, 5.41) is 11.7. The monoisotopic (exact) mass is 422 g/mol. The van der Waals surface area contributed by atoms with E-state index in [2.05, 4.69) is 56.5 Å². The van der Waals surface area contributed by atoms with E-state index in [1.807, 2.05) is 36.0 Å². The maximum absolute atomic E-state index is 12.6. The summed E-state index contributed by atoms with van der Waals surface area (Å²) in [7, 11) is 1.89. The fourth-order valence-electron chi connectivity index (χ4n) is 3.19. The number of Topliss-reactive ketones (excluding diaryl/α,β-unsaturated/α-hetero) is 1. The highest BCUT2D eigenvalue weighted by atomic mass is 32.2. The van der Waals surface area contributed by atoms with Gasteiger partial charge in [-0.1, -0.05) is 48.2 Å². The zero-order valence-electron chi connectivity index (χ0n) is 16.2. The predicted molar refractivity (Wildman–Crippen MR) is 118 cm³/mol. The van der Waals surface area contributed by atoms with Crippen LogP contribution in [0, 0.1) is 0 Å². The SMILES string of the molecule is Cn1cccc1C(=O)CSc1nnc(Cc2cccs2)n1CCc1ccccc1. The van der Waals surface area contributed by atoms with Gasteiger partial charge in [-0.25, -0.2) is 0 Å². The number of hydrogen-bond acceptors (Lipinski definition) is 5. The molecule has 0 N–H and O–H groups in total. The molecule has 0 bridgehead atoms. The van der Waals surface area contributed by atoms with Crippen LogP contribution in [-0.4, -0.2) is 30.9 Å². The molecule has 4 rings (SSSR count). The van der Waals surface area contributed by atoms with Gasteiger partial charge in [-0.2, -0.15) is 0 Å². The zero-order chi connectivity index (χ0) is 20.1. The van der Waals surface area contributed by atoms with Gasteiger partial charge >= 0.3 is 0 Å². The van der Waals surface area contributed by atoms with Crippen LogP contribution in [0.2, 0.25) is 0 Å². The van der Waals surface area contributed by atoms with Crippen LogP contribution in [0.1, 0.15) is 26.8 Å². The number of nitrogens with zero attached hydrogens (tertiary/aromatic N) is 4. The molecule has 0 saturated carbocycles. The first-order valence-electron chi connectivity index (χ1n) is 9.46. The number of thioether (sulfide) groups is 1. The van der Waals surface area contributed by atoms with E-state index in [1.54, 1.807) is 11.3 Å². The minimum atomic E-state index is 0.0971. The van der Waals surface area contributed by atoms with Gasteiger partial charge in [0.15, 0.2) is 10.9 Å². The third kappa shape index (κ3) is 4.86. The topological polar surface area (TPSA) is 52.7 Å². The quantitative estimate of drug-likeness (QED) is 0.295. The molecule has 3 aromatic heterocycles. The average Bonchev–Trinajstić information content (AvgIpc) is 3.48. The van der Waals surface area contributed by atoms with E-state index in [-0.39, 0.29) is 5.78 Å². The summed E-state index contributed by atoms with van der Waals surface area (Å²) in [4.78, 5) is 13.8. The molecule has 5 nitrogen and oxygen atoms in total. The van der Waals surface area contributed by atoms with Crippen molar-refractivity contribution < 1.29 is 4.79 Å². The highest BCUT2D eigenvalue weighted by Gasteiger charge is 2.16. The second kappa shape index (κ2) is 9.24. The van der Waals surface area contributed by atoms with Crippen LogP contribution in [-0.2, 0) is 26.4 Å². The largest absolute Gasteiger partial charge is 0.348 e. The van der Waals surface area contributed by atoms with Crippen LogP contribution in [0.4, 0.5) is 0 Å². The number of ketones is 1. The van der Waals surface area contributed by atoms with Gasteiger partial charge in [-0.05, 0) is 35.6 Å². The van der Waals surface area contributed by atoms with E-state index in [4.69, 9.17) is 0 Å². The van der Waals surface area contributed by atoms with Crippen LogP contribution < -0.4 is 0 Å². The standard InChI is InChI=1S/C22H22N4OS2/c1-25-12-5-10-19(25)20(27)16-29-22-24-23-21(15-18-9-6-14-28-18)26(22)13-11-17-7-3-2-4-8-17/h2-10,12,14H,11,13,15-16H2,1H3. The Morgan fingerprint density at radius 2 is 1.93 bits per heavy atom. The Balaban J connectivity index is 1.51. The minimum Gasteiger partial charge on any atom is -0.348 e. The van der Waals surface area contributed by atoms with Gasteiger partial charge in [0.05, 0.1) is 11.4 Å². The van der Waals surface area contributed by atoms with Crippen molar-refractivity contribution in [2.75, 3.05) is 5.75 Å². The van der Waals surface area contributed by atoms with Gasteiger partial charge in [0.1, 0.15) is 5.82 Å². The number of aryl methyl sites for hydroxylation is 2. The lowest BCUT2D eigenvalue weighted by molar-refractivity contribution is 0.101. The number of thiophene rings is 1. The van der Waals surface area contributed by atoms with Gasteiger partial charge < -0.3 is 9.13 Å². The van der Waals surface area contributed by atoms with Crippen molar-refractivity contribution >= 4 is 28.9 Å². The summed E-state index contributed by atoms with van der Waals surface area (Å²) in [5.74, 6) is 1.39. The van der Waals surface area contributed by atoms with Crippen molar-refractivity contribution in [2.45, 2.75) is 24.5 Å². The van der Waals surface area contributed by atoms with Crippen LogP contribution in [0.15, 0.2) is 71.3 Å². The molecule has 148 valence electrons. The summed E-state index contributed by atoms with van der Waals surface area (Å²) in [5.41, 5.74) is 1.99. The summed E-state index contributed by atoms with van der Waals surface area (Å²) < 4.78 is 4.01. The molecule has 0 atom stereocenters. The molecule has 0 radical (unpaired) electrons. The van der Waals surface area contributed by atoms with Crippen molar-refractivity contribution in [3.05, 3.63) is 88.1 Å². The molecule has 0 fully saturated rings. The fraction of sp³-hybridized carbons (Fsp3) is 0.227. The molecule has 0 unspecified atom stereocenters. The van der Waals surface area contributed by atoms with Crippen LogP contribution in [0.5, 0.6) is 0 Å². The molecule has 0 aliphatic rings. The summed E-state index contributed by atoms with van der Waals surface area (Å²) >= 11 is 3.18. The van der Waals surface area contributed by atoms with Gasteiger partial charge in [-0.15, -0.1) is 21.5 Å². The van der Waals surface area contributed by atoms with Gasteiger partial charge in [0.2, 0.25) is 0 Å². The van der Waals surface area contributed by atoms with Crippen molar-refractivity contribution in [1.82, 2.24) is 19.3 Å². The molecule has 0 aliphatic heterocycles. The normalized spacial score (nSPS) is 11.1. The Morgan fingerprint density at radius 3 is 2.66 bits per heavy atom. The maximum atomic E-state index is 12.6. The van der Waals surface area contributed by atoms with Gasteiger partial charge in [0, 0.05) is 31.1 Å². The zero-order valence-corrected chi connectivity index (χ0v) is 17.8. The predicted octanol–water partition coefficient (Wildman–Crippen LogP) is 4.49. The molecule has 3 heterocycles. The molecule has 7 heteroatoms. The maximum Gasteiger partial charge on any atom is 0.191 e. The van der Waals surface area contributed by atoms with Crippen LogP contribution >= 0.6 is 23.1 Å². The molecule has 0 saturated heterocycles. The van der Waals surface area contributed by atoms with E-state index >= 15 is 0 Å². The molecule has 29 heavy (non-hydrogen) atoms. The highest BCUT2D eigenvalue weighted by Crippen LogP contribution is 2.22. The highest BCUT2D eigenvalue weighted by molar-refractivity contribution is 7.99. The number of carbonyl (C=O) groups excluding carboxylic acids is 1. The Labute approximate surface area is 178 Å². The molecular formula is C22H22N4OS2. The lowest BCUT2D eigenvalue weighted by atomic mass is 10.1. The third-order valence-electron chi connectivity index (χ3n) is 4.73. The summed E-state index contributed by atoms with van der Waals surface area (Å²) in [6, 6.07) is 18.3.